The van der Waals surface area contributed by atoms with Crippen LogP contribution in [0.4, 0.5) is 5.82 Å². The van der Waals surface area contributed by atoms with Crippen molar-refractivity contribution in [2.24, 2.45) is 0 Å². The standard InChI is InChI=1S/C8H10ClN3O2/c1-2-14-6(13)5-12-8-7(9)10-3-4-11-8/h3-4H,2,5H2,1H3,(H,11,12). The first-order chi connectivity index (χ1) is 6.74. The molecule has 1 aromatic heterocycles. The van der Waals surface area contributed by atoms with Gasteiger partial charge >= 0.3 is 5.97 Å². The van der Waals surface area contributed by atoms with E-state index in [9.17, 15) is 4.79 Å². The van der Waals surface area contributed by atoms with Crippen molar-refractivity contribution >= 4 is 23.4 Å². The highest BCUT2D eigenvalue weighted by molar-refractivity contribution is 6.31. The Bertz CT molecular complexity index is 319. The fourth-order valence-corrected chi connectivity index (χ4v) is 0.979. The van der Waals surface area contributed by atoms with Gasteiger partial charge in [0, 0.05) is 12.4 Å². The van der Waals surface area contributed by atoms with E-state index in [1.807, 2.05) is 0 Å². The van der Waals surface area contributed by atoms with E-state index in [0.29, 0.717) is 12.4 Å². The first kappa shape index (κ1) is 10.7. The van der Waals surface area contributed by atoms with Gasteiger partial charge in [0.05, 0.1) is 6.61 Å². The highest BCUT2D eigenvalue weighted by atomic mass is 35.5. The minimum Gasteiger partial charge on any atom is -0.465 e. The summed E-state index contributed by atoms with van der Waals surface area (Å²) in [5, 5.41) is 2.95. The van der Waals surface area contributed by atoms with Crippen LogP contribution in [0.2, 0.25) is 5.15 Å². The fraction of sp³-hybridized carbons (Fsp3) is 0.375. The lowest BCUT2D eigenvalue weighted by Crippen LogP contribution is -2.17. The number of anilines is 1. The minimum atomic E-state index is -0.353. The Hall–Kier alpha value is -1.36. The van der Waals surface area contributed by atoms with Gasteiger partial charge in [0.1, 0.15) is 6.54 Å². The van der Waals surface area contributed by atoms with E-state index in [-0.39, 0.29) is 17.7 Å². The van der Waals surface area contributed by atoms with Gasteiger partial charge < -0.3 is 10.1 Å². The van der Waals surface area contributed by atoms with Crippen LogP contribution in [0.1, 0.15) is 6.92 Å². The van der Waals surface area contributed by atoms with Crippen LogP contribution >= 0.6 is 11.6 Å². The van der Waals surface area contributed by atoms with E-state index < -0.39 is 0 Å². The van der Waals surface area contributed by atoms with Gasteiger partial charge in [-0.25, -0.2) is 9.97 Å². The lowest BCUT2D eigenvalue weighted by atomic mass is 10.6. The molecule has 0 aliphatic rings. The molecule has 5 nitrogen and oxygen atoms in total. The SMILES string of the molecule is CCOC(=O)CNc1nccnc1Cl. The van der Waals surface area contributed by atoms with Crippen LogP contribution in [-0.4, -0.2) is 29.1 Å². The summed E-state index contributed by atoms with van der Waals surface area (Å²) in [6, 6.07) is 0. The molecule has 1 heterocycles. The first-order valence-electron chi connectivity index (χ1n) is 4.10. The number of nitrogens with zero attached hydrogens (tertiary/aromatic N) is 2. The number of halogens is 1. The number of hydrogen-bond acceptors (Lipinski definition) is 5. The molecule has 0 aliphatic heterocycles. The number of nitrogens with one attached hydrogen (secondary N) is 1. The number of ether oxygens (including phenoxy) is 1. The Morgan fingerprint density at radius 2 is 2.29 bits per heavy atom. The van der Waals surface area contributed by atoms with Gasteiger partial charge in [-0.15, -0.1) is 0 Å². The average Bonchev–Trinajstić information content (AvgIpc) is 2.17. The monoisotopic (exact) mass is 215 g/mol. The van der Waals surface area contributed by atoms with Crippen molar-refractivity contribution < 1.29 is 9.53 Å². The van der Waals surface area contributed by atoms with Crippen molar-refractivity contribution in [3.05, 3.63) is 17.5 Å². The Morgan fingerprint density at radius 1 is 1.57 bits per heavy atom. The van der Waals surface area contributed by atoms with Crippen molar-refractivity contribution in [2.45, 2.75) is 6.92 Å². The van der Waals surface area contributed by atoms with Crippen molar-refractivity contribution in [3.8, 4) is 0 Å². The summed E-state index contributed by atoms with van der Waals surface area (Å²) >= 11 is 5.70. The Labute approximate surface area is 86.5 Å². The molecule has 76 valence electrons. The van der Waals surface area contributed by atoms with Crippen LogP contribution in [0.3, 0.4) is 0 Å². The highest BCUT2D eigenvalue weighted by Gasteiger charge is 2.04. The van der Waals surface area contributed by atoms with E-state index in [0.717, 1.165) is 0 Å². The summed E-state index contributed by atoms with van der Waals surface area (Å²) < 4.78 is 4.71. The number of aromatic nitrogens is 2. The molecule has 0 amide bonds. The predicted octanol–water partition coefficient (Wildman–Crippen LogP) is 1.10. The molecule has 0 radical (unpaired) electrons. The molecule has 0 fully saturated rings. The van der Waals surface area contributed by atoms with Gasteiger partial charge in [-0.1, -0.05) is 11.6 Å². The lowest BCUT2D eigenvalue weighted by molar-refractivity contribution is -0.140. The molecule has 0 aromatic carbocycles. The minimum absolute atomic E-state index is 0.0340. The zero-order chi connectivity index (χ0) is 10.4. The smallest absolute Gasteiger partial charge is 0.325 e. The molecule has 0 spiro atoms. The third-order valence-electron chi connectivity index (χ3n) is 1.36. The van der Waals surface area contributed by atoms with Gasteiger partial charge in [-0.3, -0.25) is 4.79 Å². The molecule has 1 rings (SSSR count). The maximum absolute atomic E-state index is 11.0. The molecule has 14 heavy (non-hydrogen) atoms. The molecule has 0 unspecified atom stereocenters. The van der Waals surface area contributed by atoms with E-state index in [2.05, 4.69) is 15.3 Å². The number of esters is 1. The molecule has 0 saturated heterocycles. The zero-order valence-electron chi connectivity index (χ0n) is 7.66. The van der Waals surface area contributed by atoms with Gasteiger partial charge in [0.25, 0.3) is 0 Å². The normalized spacial score (nSPS) is 9.57. The number of carbonyl (C=O) groups excluding carboxylic acids is 1. The topological polar surface area (TPSA) is 64.1 Å². The Kier molecular flexibility index (Phi) is 4.12. The zero-order valence-corrected chi connectivity index (χ0v) is 8.41. The molecule has 1 N–H and O–H groups in total. The molecule has 0 atom stereocenters. The number of rotatable bonds is 4. The van der Waals surface area contributed by atoms with Crippen molar-refractivity contribution in [2.75, 3.05) is 18.5 Å². The maximum Gasteiger partial charge on any atom is 0.325 e. The third-order valence-corrected chi connectivity index (χ3v) is 1.64. The predicted molar refractivity (Wildman–Crippen MR) is 52.2 cm³/mol. The summed E-state index contributed by atoms with van der Waals surface area (Å²) in [4.78, 5) is 18.6. The third kappa shape index (κ3) is 3.18. The quantitative estimate of drug-likeness (QED) is 0.763. The van der Waals surface area contributed by atoms with Crippen LogP contribution in [-0.2, 0) is 9.53 Å². The average molecular weight is 216 g/mol. The Morgan fingerprint density at radius 3 is 2.93 bits per heavy atom. The number of hydrogen-bond donors (Lipinski definition) is 1. The first-order valence-corrected chi connectivity index (χ1v) is 4.48. The molecular weight excluding hydrogens is 206 g/mol. The summed E-state index contributed by atoms with van der Waals surface area (Å²) in [6.45, 7) is 2.13. The van der Waals surface area contributed by atoms with Crippen LogP contribution in [0.25, 0.3) is 0 Å². The Balaban J connectivity index is 2.46. The molecule has 6 heteroatoms. The van der Waals surface area contributed by atoms with Crippen LogP contribution in [0.15, 0.2) is 12.4 Å². The van der Waals surface area contributed by atoms with Crippen molar-refractivity contribution in [1.82, 2.24) is 9.97 Å². The molecular formula is C8H10ClN3O2. The fourth-order valence-electron chi connectivity index (χ4n) is 0.808. The maximum atomic E-state index is 11.0. The summed E-state index contributed by atoms with van der Waals surface area (Å²) in [7, 11) is 0. The van der Waals surface area contributed by atoms with E-state index >= 15 is 0 Å². The summed E-state index contributed by atoms with van der Waals surface area (Å²) in [5.74, 6) is 0.0245. The van der Waals surface area contributed by atoms with Gasteiger partial charge in [-0.2, -0.15) is 0 Å². The van der Waals surface area contributed by atoms with E-state index in [1.54, 1.807) is 6.92 Å². The van der Waals surface area contributed by atoms with Crippen molar-refractivity contribution in [3.63, 3.8) is 0 Å². The molecule has 0 saturated carbocycles. The highest BCUT2D eigenvalue weighted by Crippen LogP contribution is 2.13. The van der Waals surface area contributed by atoms with Crippen molar-refractivity contribution in [1.29, 1.82) is 0 Å². The van der Waals surface area contributed by atoms with Crippen LogP contribution in [0, 0.1) is 0 Å². The molecule has 0 bridgehead atoms. The summed E-state index contributed by atoms with van der Waals surface area (Å²) in [5.41, 5.74) is 0. The number of carbonyl (C=O) groups is 1. The van der Waals surface area contributed by atoms with E-state index in [4.69, 9.17) is 16.3 Å². The van der Waals surface area contributed by atoms with Gasteiger partial charge in [-0.05, 0) is 6.92 Å². The van der Waals surface area contributed by atoms with Crippen LogP contribution in [0.5, 0.6) is 0 Å². The summed E-state index contributed by atoms with van der Waals surface area (Å²) in [6.07, 6.45) is 2.96. The second-order valence-electron chi connectivity index (χ2n) is 2.35. The second-order valence-corrected chi connectivity index (χ2v) is 2.71. The largest absolute Gasteiger partial charge is 0.465 e. The second kappa shape index (κ2) is 5.39. The van der Waals surface area contributed by atoms with Crippen LogP contribution < -0.4 is 5.32 Å². The lowest BCUT2D eigenvalue weighted by Gasteiger charge is -2.05. The van der Waals surface area contributed by atoms with Gasteiger partial charge in [0.15, 0.2) is 11.0 Å². The molecule has 1 aromatic rings. The molecule has 0 aliphatic carbocycles. The van der Waals surface area contributed by atoms with Gasteiger partial charge in [0.2, 0.25) is 0 Å². The van der Waals surface area contributed by atoms with E-state index in [1.165, 1.54) is 12.4 Å².